The van der Waals surface area contributed by atoms with Gasteiger partial charge in [-0.2, -0.15) is 0 Å². The van der Waals surface area contributed by atoms with E-state index in [0.717, 1.165) is 40.8 Å². The number of allylic oxidation sites excluding steroid dienone is 1. The van der Waals surface area contributed by atoms with Crippen molar-refractivity contribution >= 4 is 65.0 Å². The zero-order valence-electron chi connectivity index (χ0n) is 64.5. The molecule has 11 amide bonds. The first-order chi connectivity index (χ1) is 46.8. The summed E-state index contributed by atoms with van der Waals surface area (Å²) in [7, 11) is 8.43. The predicted octanol–water partition coefficient (Wildman–Crippen LogP) is 3.48. The van der Waals surface area contributed by atoms with Gasteiger partial charge in [-0.15, -0.1) is 13.2 Å². The number of aliphatic hydroxyl groups excluding tert-OH is 1. The average Bonchev–Trinajstić information content (AvgIpc) is 0.807. The Kier molecular flexibility index (Phi) is 38.6. The lowest BCUT2D eigenvalue weighted by Crippen LogP contribution is -2.65. The van der Waals surface area contributed by atoms with E-state index in [1.54, 1.807) is 67.5 Å². The van der Waals surface area contributed by atoms with Crippen molar-refractivity contribution in [2.75, 3.05) is 101 Å². The van der Waals surface area contributed by atoms with Crippen LogP contribution < -0.4 is 21.3 Å². The number of nitrogens with one attached hydrogen (secondary N) is 4. The third kappa shape index (κ3) is 25.6. The van der Waals surface area contributed by atoms with Crippen molar-refractivity contribution in [3.63, 3.8) is 0 Å². The van der Waals surface area contributed by atoms with Gasteiger partial charge in [-0.3, -0.25) is 57.6 Å². The first kappa shape index (κ1) is 89.3. The molecule has 0 saturated carbocycles. The van der Waals surface area contributed by atoms with Crippen LogP contribution in [-0.2, 0) is 67.0 Å². The van der Waals surface area contributed by atoms with Crippen molar-refractivity contribution in [2.45, 2.75) is 228 Å². The highest BCUT2D eigenvalue weighted by atomic mass is 16.5. The number of morpholine rings is 1. The van der Waals surface area contributed by atoms with E-state index < -0.39 is 168 Å². The van der Waals surface area contributed by atoms with Gasteiger partial charge in [0.2, 0.25) is 65.0 Å². The average molecular weight is 1410 g/mol. The number of carbonyl (C=O) groups is 11. The van der Waals surface area contributed by atoms with Crippen molar-refractivity contribution in [3.05, 3.63) is 37.5 Å². The standard InChI is InChI=1S/C73H128N12O15/c1-25-31-49(15)62(86)61-66(90)76-53(28-4)68(92)85(32-26-2)57(43-99-36-27-3)71(95)82(23)60(52(18)100-37-30-29-33-84-34-38-98-39-35-84)65(89)77-58(47(11)12)72(96)78(19)54(40-44(5)6)64(88)74-50(16)63(87)75-51(17)67(91)79(20)55(41-45(7)8)69(93)80(21)56(42-46(9)10)70(94)81(22)59(48(13)14)73(97)83(61)24/h25-27,31,44-62,86H,2-3,28-30,32-43H2,1,4-24H3,(H,74,88)(H,75,87)(H,76,90)(H,77,89)/b31-25+/t49-,50+,51-,52-,53+,54+,55+,56+,57-,58+,59+,60?,61+,62-/m1/s1. The van der Waals surface area contributed by atoms with E-state index in [2.05, 4.69) is 39.3 Å². The van der Waals surface area contributed by atoms with Crippen molar-refractivity contribution < 1.29 is 72.1 Å². The Morgan fingerprint density at radius 1 is 0.540 bits per heavy atom. The monoisotopic (exact) mass is 1410 g/mol. The van der Waals surface area contributed by atoms with Crippen LogP contribution in [0.4, 0.5) is 0 Å². The maximum absolute atomic E-state index is 15.7. The quantitative estimate of drug-likeness (QED) is 0.0646. The summed E-state index contributed by atoms with van der Waals surface area (Å²) >= 11 is 0. The Morgan fingerprint density at radius 2 is 1.03 bits per heavy atom. The number of rotatable bonds is 25. The van der Waals surface area contributed by atoms with Gasteiger partial charge in [-0.05, 0) is 102 Å². The predicted molar refractivity (Wildman–Crippen MR) is 385 cm³/mol. The van der Waals surface area contributed by atoms with E-state index in [1.807, 2.05) is 41.5 Å². The van der Waals surface area contributed by atoms with Crippen LogP contribution in [0, 0.1) is 35.5 Å². The minimum atomic E-state index is -1.72. The van der Waals surface area contributed by atoms with Crippen molar-refractivity contribution in [2.24, 2.45) is 35.5 Å². The summed E-state index contributed by atoms with van der Waals surface area (Å²) in [6.45, 7) is 38.1. The zero-order chi connectivity index (χ0) is 76.3. The summed E-state index contributed by atoms with van der Waals surface area (Å²) in [5.41, 5.74) is 0. The molecular formula is C73H128N12O15. The lowest BCUT2D eigenvalue weighted by molar-refractivity contribution is -0.158. The summed E-state index contributed by atoms with van der Waals surface area (Å²) in [4.78, 5) is 176. The fourth-order valence-electron chi connectivity index (χ4n) is 12.8. The number of nitrogens with zero attached hydrogens (tertiary/aromatic N) is 8. The third-order valence-corrected chi connectivity index (χ3v) is 18.8. The van der Waals surface area contributed by atoms with Gasteiger partial charge < -0.3 is 74.9 Å². The summed E-state index contributed by atoms with van der Waals surface area (Å²) in [6.07, 6.45) is 5.07. The van der Waals surface area contributed by atoms with Crippen molar-refractivity contribution in [3.8, 4) is 0 Å². The number of hydrogen-bond donors (Lipinski definition) is 5. The van der Waals surface area contributed by atoms with Crippen LogP contribution in [0.2, 0.25) is 0 Å². The van der Waals surface area contributed by atoms with E-state index in [0.29, 0.717) is 19.6 Å². The SMILES string of the molecule is C=CCOC[C@@H]1C(=O)N(C)C([C@@H](C)OCCCCN2CCOCC2)C(=O)N[C@@H](C(C)C)C(=O)N(C)[C@@H](CC(C)C)C(=O)N[C@@H](C)C(=O)N[C@H](C)C(=O)N(C)[C@@H](CC(C)C)C(=O)N(C)[C@@H](CC(C)C)C(=O)N(C)[C@@H](C(C)C)C(=O)N(C)[C@@H]([C@H](O)[C@H](C)/C=C/C)C(=O)N[C@@H](CC)C(=O)N1CC=C. The van der Waals surface area contributed by atoms with Gasteiger partial charge in [-0.1, -0.05) is 107 Å². The molecule has 100 heavy (non-hydrogen) atoms. The molecule has 0 spiro atoms. The molecule has 2 fully saturated rings. The number of amides is 11. The second-order valence-electron chi connectivity index (χ2n) is 29.1. The Balaban J connectivity index is 3.16. The van der Waals surface area contributed by atoms with Crippen molar-refractivity contribution in [1.82, 2.24) is 60.5 Å². The Labute approximate surface area is 597 Å². The molecule has 14 atom stereocenters. The molecule has 2 aliphatic rings. The highest BCUT2D eigenvalue weighted by Crippen LogP contribution is 2.26. The molecule has 27 heteroatoms. The summed E-state index contributed by atoms with van der Waals surface area (Å²) < 4.78 is 17.9. The van der Waals surface area contributed by atoms with Gasteiger partial charge in [0.15, 0.2) is 0 Å². The molecule has 0 radical (unpaired) electrons. The first-order valence-electron chi connectivity index (χ1n) is 35.9. The number of aliphatic hydroxyl groups is 1. The maximum Gasteiger partial charge on any atom is 0.248 e. The topological polar surface area (TPSA) is 310 Å². The van der Waals surface area contributed by atoms with E-state index in [9.17, 15) is 19.5 Å². The van der Waals surface area contributed by atoms with Crippen LogP contribution in [-0.4, -0.2) is 289 Å². The maximum atomic E-state index is 15.7. The van der Waals surface area contributed by atoms with Gasteiger partial charge in [0, 0.05) is 74.4 Å². The van der Waals surface area contributed by atoms with Crippen LogP contribution in [0.15, 0.2) is 37.5 Å². The van der Waals surface area contributed by atoms with Crippen LogP contribution >= 0.6 is 0 Å². The second kappa shape index (κ2) is 43.2. The fraction of sp³-hybridized carbons (Fsp3) is 0.767. The van der Waals surface area contributed by atoms with Crippen LogP contribution in [0.1, 0.15) is 149 Å². The van der Waals surface area contributed by atoms with Gasteiger partial charge in [0.05, 0.1) is 38.6 Å². The summed E-state index contributed by atoms with van der Waals surface area (Å²) in [5.74, 6) is -10.8. The fourth-order valence-corrected chi connectivity index (χ4v) is 12.8. The molecule has 2 heterocycles. The van der Waals surface area contributed by atoms with Gasteiger partial charge in [0.1, 0.15) is 66.5 Å². The van der Waals surface area contributed by atoms with E-state index in [-0.39, 0.29) is 63.2 Å². The highest BCUT2D eigenvalue weighted by Gasteiger charge is 2.47. The lowest BCUT2D eigenvalue weighted by atomic mass is 9.93. The number of carbonyl (C=O) groups excluding carboxylic acids is 11. The minimum absolute atomic E-state index is 0.0780. The molecule has 0 bridgehead atoms. The van der Waals surface area contributed by atoms with Gasteiger partial charge >= 0.3 is 0 Å². The zero-order valence-corrected chi connectivity index (χ0v) is 64.5. The number of likely N-dealkylation sites (N-methyl/N-ethyl adjacent to an activating group) is 6. The van der Waals surface area contributed by atoms with E-state index >= 15 is 38.4 Å². The van der Waals surface area contributed by atoms with E-state index in [4.69, 9.17) is 14.2 Å². The first-order valence-corrected chi connectivity index (χ1v) is 35.9. The molecule has 2 aliphatic heterocycles. The molecule has 1 unspecified atom stereocenters. The van der Waals surface area contributed by atoms with Crippen LogP contribution in [0.25, 0.3) is 0 Å². The number of ether oxygens (including phenoxy) is 3. The lowest BCUT2D eigenvalue weighted by Gasteiger charge is -2.41. The molecule has 570 valence electrons. The molecular weight excluding hydrogens is 1280 g/mol. The normalized spacial score (nSPS) is 26.7. The van der Waals surface area contributed by atoms with Crippen LogP contribution in [0.3, 0.4) is 0 Å². The van der Waals surface area contributed by atoms with Gasteiger partial charge in [0.25, 0.3) is 0 Å². The molecule has 2 saturated heterocycles. The molecule has 5 N–H and O–H groups in total. The Bertz CT molecular complexity index is 2740. The van der Waals surface area contributed by atoms with Crippen LogP contribution in [0.5, 0.6) is 0 Å². The molecule has 27 nitrogen and oxygen atoms in total. The summed E-state index contributed by atoms with van der Waals surface area (Å²) in [5, 5.41) is 23.4. The second-order valence-corrected chi connectivity index (χ2v) is 29.1. The van der Waals surface area contributed by atoms with Gasteiger partial charge in [-0.25, -0.2) is 0 Å². The number of unbranched alkanes of at least 4 members (excludes halogenated alkanes) is 1. The van der Waals surface area contributed by atoms with Crippen molar-refractivity contribution in [1.29, 1.82) is 0 Å². The molecule has 0 aromatic heterocycles. The third-order valence-electron chi connectivity index (χ3n) is 18.8. The summed E-state index contributed by atoms with van der Waals surface area (Å²) in [6, 6.07) is -14.9. The number of hydrogen-bond acceptors (Lipinski definition) is 16. The Morgan fingerprint density at radius 3 is 1.54 bits per heavy atom. The highest BCUT2D eigenvalue weighted by molar-refractivity contribution is 6.00. The smallest absolute Gasteiger partial charge is 0.248 e. The minimum Gasteiger partial charge on any atom is -0.390 e. The molecule has 0 aromatic carbocycles. The molecule has 0 aromatic rings. The largest absolute Gasteiger partial charge is 0.390 e. The Hall–Kier alpha value is -6.81. The molecule has 0 aliphatic carbocycles. The molecule has 2 rings (SSSR count). The van der Waals surface area contributed by atoms with E-state index in [1.165, 1.54) is 87.9 Å².